The summed E-state index contributed by atoms with van der Waals surface area (Å²) in [5.41, 5.74) is -1.78. The van der Waals surface area contributed by atoms with E-state index in [9.17, 15) is 22.4 Å². The molecule has 20 heavy (non-hydrogen) atoms. The van der Waals surface area contributed by atoms with Crippen LogP contribution in [0.3, 0.4) is 0 Å². The standard InChI is InChI=1S/C13H12F4N2O/c1-2-9(5-6-18)19-12(20)8-3-4-11(14)10(7-8)13(15,16)17/h3-4,7,9H,2,5H2,1H3,(H,19,20). The van der Waals surface area contributed by atoms with Gasteiger partial charge in [-0.25, -0.2) is 4.39 Å². The molecule has 108 valence electrons. The molecule has 0 aromatic heterocycles. The molecule has 0 aliphatic rings. The molecule has 1 N–H and O–H groups in total. The van der Waals surface area contributed by atoms with Gasteiger partial charge in [-0.15, -0.1) is 0 Å². The lowest BCUT2D eigenvalue weighted by Gasteiger charge is -2.14. The van der Waals surface area contributed by atoms with E-state index in [0.717, 1.165) is 6.07 Å². The van der Waals surface area contributed by atoms with Crippen molar-refractivity contribution in [1.82, 2.24) is 5.32 Å². The Balaban J connectivity index is 2.98. The van der Waals surface area contributed by atoms with Gasteiger partial charge in [-0.3, -0.25) is 4.79 Å². The number of nitrogens with one attached hydrogen (secondary N) is 1. The minimum Gasteiger partial charge on any atom is -0.348 e. The molecule has 0 bridgehead atoms. The van der Waals surface area contributed by atoms with Crippen LogP contribution in [-0.4, -0.2) is 11.9 Å². The van der Waals surface area contributed by atoms with Crippen molar-refractivity contribution in [1.29, 1.82) is 5.26 Å². The van der Waals surface area contributed by atoms with Crippen molar-refractivity contribution in [3.05, 3.63) is 35.1 Å². The van der Waals surface area contributed by atoms with Crippen LogP contribution < -0.4 is 5.32 Å². The summed E-state index contributed by atoms with van der Waals surface area (Å²) >= 11 is 0. The lowest BCUT2D eigenvalue weighted by molar-refractivity contribution is -0.140. The second-order valence-corrected chi connectivity index (χ2v) is 4.13. The second kappa shape index (κ2) is 6.37. The van der Waals surface area contributed by atoms with Crippen LogP contribution >= 0.6 is 0 Å². The Bertz CT molecular complexity index is 534. The Kier molecular flexibility index (Phi) is 5.08. The molecule has 1 unspecified atom stereocenters. The number of nitrogens with zero attached hydrogens (tertiary/aromatic N) is 1. The highest BCUT2D eigenvalue weighted by Crippen LogP contribution is 2.31. The van der Waals surface area contributed by atoms with Crippen LogP contribution in [0.2, 0.25) is 0 Å². The first-order chi connectivity index (χ1) is 9.29. The lowest BCUT2D eigenvalue weighted by atomic mass is 10.1. The maximum Gasteiger partial charge on any atom is 0.419 e. The molecular formula is C13H12F4N2O. The Morgan fingerprint density at radius 2 is 2.10 bits per heavy atom. The monoisotopic (exact) mass is 288 g/mol. The van der Waals surface area contributed by atoms with E-state index < -0.39 is 29.5 Å². The van der Waals surface area contributed by atoms with E-state index in [2.05, 4.69) is 5.32 Å². The zero-order chi connectivity index (χ0) is 15.3. The Hall–Kier alpha value is -2.10. The molecule has 0 aliphatic heterocycles. The minimum atomic E-state index is -4.86. The number of carbonyl (C=O) groups is 1. The molecule has 1 aromatic carbocycles. The molecule has 0 fully saturated rings. The molecule has 1 aromatic rings. The number of rotatable bonds is 4. The number of nitriles is 1. The highest BCUT2D eigenvalue weighted by molar-refractivity contribution is 5.94. The topological polar surface area (TPSA) is 52.9 Å². The van der Waals surface area contributed by atoms with Crippen molar-refractivity contribution < 1.29 is 22.4 Å². The third-order valence-corrected chi connectivity index (χ3v) is 2.70. The first kappa shape index (κ1) is 16.0. The summed E-state index contributed by atoms with van der Waals surface area (Å²) in [6.45, 7) is 1.73. The molecule has 0 heterocycles. The van der Waals surface area contributed by atoms with Crippen molar-refractivity contribution >= 4 is 5.91 Å². The van der Waals surface area contributed by atoms with Gasteiger partial charge in [0.05, 0.1) is 18.1 Å². The quantitative estimate of drug-likeness (QED) is 0.864. The van der Waals surface area contributed by atoms with Crippen molar-refractivity contribution in [3.63, 3.8) is 0 Å². The van der Waals surface area contributed by atoms with Crippen LogP contribution in [0.5, 0.6) is 0 Å². The van der Waals surface area contributed by atoms with Gasteiger partial charge in [-0.2, -0.15) is 18.4 Å². The van der Waals surface area contributed by atoms with E-state index in [1.165, 1.54) is 0 Å². The molecule has 0 aliphatic carbocycles. The minimum absolute atomic E-state index is 0.0512. The van der Waals surface area contributed by atoms with Gasteiger partial charge in [0.1, 0.15) is 5.82 Å². The first-order valence-corrected chi connectivity index (χ1v) is 5.84. The van der Waals surface area contributed by atoms with Crippen molar-refractivity contribution in [2.75, 3.05) is 0 Å². The summed E-state index contributed by atoms with van der Waals surface area (Å²) < 4.78 is 50.7. The van der Waals surface area contributed by atoms with E-state index in [4.69, 9.17) is 5.26 Å². The third-order valence-electron chi connectivity index (χ3n) is 2.70. The fourth-order valence-electron chi connectivity index (χ4n) is 1.56. The molecule has 0 saturated carbocycles. The van der Waals surface area contributed by atoms with Crippen molar-refractivity contribution in [2.45, 2.75) is 32.0 Å². The Morgan fingerprint density at radius 1 is 1.45 bits per heavy atom. The number of benzene rings is 1. The van der Waals surface area contributed by atoms with Crippen LogP contribution in [0.1, 0.15) is 35.7 Å². The van der Waals surface area contributed by atoms with Gasteiger partial charge in [-0.1, -0.05) is 6.92 Å². The molecule has 0 radical (unpaired) electrons. The van der Waals surface area contributed by atoms with Crippen LogP contribution in [0.25, 0.3) is 0 Å². The zero-order valence-electron chi connectivity index (χ0n) is 10.6. The third kappa shape index (κ3) is 3.95. The summed E-state index contributed by atoms with van der Waals surface area (Å²) in [5.74, 6) is -2.20. The smallest absolute Gasteiger partial charge is 0.348 e. The average molecular weight is 288 g/mol. The Labute approximate surface area is 113 Å². The van der Waals surface area contributed by atoms with E-state index in [0.29, 0.717) is 18.6 Å². The van der Waals surface area contributed by atoms with Crippen molar-refractivity contribution in [3.8, 4) is 6.07 Å². The molecule has 0 saturated heterocycles. The number of hydrogen-bond donors (Lipinski definition) is 1. The summed E-state index contributed by atoms with van der Waals surface area (Å²) in [6, 6.07) is 3.45. The number of hydrogen-bond acceptors (Lipinski definition) is 2. The average Bonchev–Trinajstić information content (AvgIpc) is 2.37. The van der Waals surface area contributed by atoms with Crippen LogP contribution in [0, 0.1) is 17.1 Å². The normalized spacial score (nSPS) is 12.6. The summed E-state index contributed by atoms with van der Waals surface area (Å²) in [7, 11) is 0. The van der Waals surface area contributed by atoms with Crippen LogP contribution in [0.4, 0.5) is 17.6 Å². The van der Waals surface area contributed by atoms with Crippen molar-refractivity contribution in [2.24, 2.45) is 0 Å². The summed E-state index contributed by atoms with van der Waals surface area (Å²) in [5, 5.41) is 11.0. The fourth-order valence-corrected chi connectivity index (χ4v) is 1.56. The fraction of sp³-hybridized carbons (Fsp3) is 0.385. The molecule has 1 rings (SSSR count). The van der Waals surface area contributed by atoms with Gasteiger partial charge in [0.15, 0.2) is 0 Å². The highest BCUT2D eigenvalue weighted by atomic mass is 19.4. The van der Waals surface area contributed by atoms with Gasteiger partial charge < -0.3 is 5.32 Å². The molecule has 1 amide bonds. The summed E-state index contributed by atoms with van der Waals surface area (Å²) in [4.78, 5) is 11.8. The Morgan fingerprint density at radius 3 is 2.60 bits per heavy atom. The van der Waals surface area contributed by atoms with Crippen LogP contribution in [-0.2, 0) is 6.18 Å². The second-order valence-electron chi connectivity index (χ2n) is 4.13. The van der Waals surface area contributed by atoms with Gasteiger partial charge in [0.25, 0.3) is 5.91 Å². The van der Waals surface area contributed by atoms with E-state index in [-0.39, 0.29) is 12.0 Å². The van der Waals surface area contributed by atoms with E-state index in [1.54, 1.807) is 6.92 Å². The van der Waals surface area contributed by atoms with Gasteiger partial charge >= 0.3 is 6.18 Å². The number of halogens is 4. The largest absolute Gasteiger partial charge is 0.419 e. The SMILES string of the molecule is CCC(CC#N)NC(=O)c1ccc(F)c(C(F)(F)F)c1. The highest BCUT2D eigenvalue weighted by Gasteiger charge is 2.34. The molecule has 7 heteroatoms. The zero-order valence-corrected chi connectivity index (χ0v) is 10.6. The first-order valence-electron chi connectivity index (χ1n) is 5.84. The van der Waals surface area contributed by atoms with Gasteiger partial charge in [0.2, 0.25) is 0 Å². The molecule has 3 nitrogen and oxygen atoms in total. The van der Waals surface area contributed by atoms with Gasteiger partial charge in [0, 0.05) is 11.6 Å². The molecular weight excluding hydrogens is 276 g/mol. The van der Waals surface area contributed by atoms with E-state index >= 15 is 0 Å². The predicted octanol–water partition coefficient (Wildman–Crippen LogP) is 3.27. The predicted molar refractivity (Wildman–Crippen MR) is 63.2 cm³/mol. The molecule has 0 spiro atoms. The maximum absolute atomic E-state index is 13.1. The number of carbonyl (C=O) groups excluding carboxylic acids is 1. The molecule has 1 atom stereocenters. The van der Waals surface area contributed by atoms with Crippen LogP contribution in [0.15, 0.2) is 18.2 Å². The summed E-state index contributed by atoms with van der Waals surface area (Å²) in [6.07, 6.45) is -4.35. The number of amides is 1. The lowest BCUT2D eigenvalue weighted by Crippen LogP contribution is -2.34. The van der Waals surface area contributed by atoms with E-state index in [1.807, 2.05) is 6.07 Å². The van der Waals surface area contributed by atoms with Gasteiger partial charge in [-0.05, 0) is 24.6 Å². The maximum atomic E-state index is 13.1. The number of alkyl halides is 3.